The van der Waals surface area contributed by atoms with Crippen molar-refractivity contribution in [2.24, 2.45) is 11.8 Å². The lowest BCUT2D eigenvalue weighted by Crippen LogP contribution is -2.58. The van der Waals surface area contributed by atoms with Crippen LogP contribution < -0.4 is 37.2 Å². The van der Waals surface area contributed by atoms with Crippen LogP contribution in [0.4, 0.5) is 13.2 Å². The molecule has 1 aromatic carbocycles. The number of nitrogens with one attached hydrogen (secondary N) is 7. The fourth-order valence-corrected chi connectivity index (χ4v) is 7.47. The molecule has 1 saturated carbocycles. The van der Waals surface area contributed by atoms with Gasteiger partial charge in [0.25, 0.3) is 11.8 Å². The smallest absolute Gasteiger partial charge is 0.475 e. The number of nitrogens with zero attached hydrogens (tertiary/aromatic N) is 3. The van der Waals surface area contributed by atoms with Gasteiger partial charge >= 0.3 is 12.1 Å². The van der Waals surface area contributed by atoms with Crippen molar-refractivity contribution in [3.63, 3.8) is 0 Å². The number of halogens is 3. The predicted octanol–water partition coefficient (Wildman–Crippen LogP) is 0.485. The third-order valence-corrected chi connectivity index (χ3v) is 10.9. The van der Waals surface area contributed by atoms with Crippen molar-refractivity contribution in [3.8, 4) is 0 Å². The van der Waals surface area contributed by atoms with Crippen LogP contribution in [0.5, 0.6) is 0 Å². The Bertz CT molecular complexity index is 1940. The molecule has 2 unspecified atom stereocenters. The minimum absolute atomic E-state index is 0.0749. The van der Waals surface area contributed by atoms with Crippen LogP contribution in [-0.2, 0) is 33.6 Å². The molecule has 20 nitrogen and oxygen atoms in total. The van der Waals surface area contributed by atoms with Crippen molar-refractivity contribution in [1.29, 1.82) is 0 Å². The number of carboxylic acid groups (broad SMARTS) is 1. The van der Waals surface area contributed by atoms with Gasteiger partial charge in [0, 0.05) is 39.6 Å². The number of benzene rings is 1. The first-order valence-electron chi connectivity index (χ1n) is 21.8. The highest BCUT2D eigenvalue weighted by atomic mass is 19.4. The third kappa shape index (κ3) is 17.0. The van der Waals surface area contributed by atoms with Gasteiger partial charge in [0.05, 0.1) is 30.7 Å². The minimum atomic E-state index is -5.08. The highest BCUT2D eigenvalue weighted by Crippen LogP contribution is 2.27. The molecular weight excluding hydrogens is 874 g/mol. The summed E-state index contributed by atoms with van der Waals surface area (Å²) in [7, 11) is 3.13. The Kier molecular flexibility index (Phi) is 21.9. The van der Waals surface area contributed by atoms with E-state index in [0.717, 1.165) is 32.1 Å². The number of carbonyl (C=O) groups excluding carboxylic acids is 7. The number of aliphatic hydroxyl groups is 1. The quantitative estimate of drug-likeness (QED) is 0.0875. The first kappa shape index (κ1) is 54.1. The molecule has 1 aliphatic carbocycles. The van der Waals surface area contributed by atoms with E-state index < -0.39 is 96.4 Å². The predicted molar refractivity (Wildman–Crippen MR) is 231 cm³/mol. The zero-order chi connectivity index (χ0) is 49.0. The van der Waals surface area contributed by atoms with Crippen LogP contribution in [-0.4, -0.2) is 143 Å². The van der Waals surface area contributed by atoms with Crippen LogP contribution in [0.15, 0.2) is 48.9 Å². The zero-order valence-corrected chi connectivity index (χ0v) is 37.4. The number of hydrogen-bond acceptors (Lipinski definition) is 12. The number of carboxylic acids is 1. The molecule has 23 heteroatoms. The number of carbonyl (C=O) groups is 8. The standard InChI is InChI=1S/C41H60N10O8.C2HF3O2/c1-5-13-28(35(53)40(58)45-24-32(52)49-34(41(59)51(3)4)26-17-11-8-12-18-26)46-36(54)27-21-43-22-30(27)48-37(55)29(14-6-2)47-39(57)33(25-15-9-7-10-16-25)50-38(56)31-23-42-19-20-44-31;3-2(4,5)1(6)7/h8,11-12,17-20,23,25,27-30,33-35,43,53H,5-7,9-10,13-16,21-22,24H2,1-4H3,(H,45,58)(H,46,54)(H,47,57)(H,48,55)(H,49,52)(H,50,56);(H,6,7)/t27-,28?,29+,30+,33+,34+,35?;/m1./s1. The van der Waals surface area contributed by atoms with Crippen molar-refractivity contribution in [1.82, 2.24) is 52.1 Å². The summed E-state index contributed by atoms with van der Waals surface area (Å²) < 4.78 is 31.7. The molecule has 1 saturated heterocycles. The average molecular weight is 935 g/mol. The number of likely N-dealkylation sites (N-methyl/N-ethyl adjacent to an activating group) is 1. The van der Waals surface area contributed by atoms with Gasteiger partial charge in [0.15, 0.2) is 6.10 Å². The summed E-state index contributed by atoms with van der Waals surface area (Å²) in [4.78, 5) is 111. The molecule has 364 valence electrons. The van der Waals surface area contributed by atoms with Crippen molar-refractivity contribution < 1.29 is 61.7 Å². The van der Waals surface area contributed by atoms with E-state index in [1.807, 2.05) is 13.8 Å². The van der Waals surface area contributed by atoms with Crippen molar-refractivity contribution in [2.75, 3.05) is 33.7 Å². The molecule has 4 rings (SSSR count). The molecule has 0 bridgehead atoms. The Morgan fingerprint density at radius 3 is 2.08 bits per heavy atom. The van der Waals surface area contributed by atoms with Crippen molar-refractivity contribution >= 4 is 47.3 Å². The number of hydrogen-bond donors (Lipinski definition) is 9. The molecule has 66 heavy (non-hydrogen) atoms. The highest BCUT2D eigenvalue weighted by Gasteiger charge is 2.40. The van der Waals surface area contributed by atoms with Crippen molar-refractivity contribution in [2.45, 2.75) is 114 Å². The summed E-state index contributed by atoms with van der Waals surface area (Å²) in [5.41, 5.74) is 0.632. The largest absolute Gasteiger partial charge is 0.490 e. The molecule has 2 fully saturated rings. The van der Waals surface area contributed by atoms with E-state index in [2.05, 4.69) is 47.2 Å². The second-order valence-electron chi connectivity index (χ2n) is 16.2. The van der Waals surface area contributed by atoms with E-state index in [-0.39, 0.29) is 37.0 Å². The maximum absolute atomic E-state index is 13.8. The van der Waals surface area contributed by atoms with Gasteiger partial charge in [0.1, 0.15) is 23.8 Å². The second-order valence-corrected chi connectivity index (χ2v) is 16.2. The SMILES string of the molecule is CCCC(NC(=O)[C@@H]1CNC[C@@H]1NC(=O)[C@H](CCC)NC(=O)[C@@H](NC(=O)c1cnccn1)C1CCCCC1)C(O)C(=O)NCC(=O)N[C@H](C(=O)N(C)C)c1ccccc1.O=C(O)C(F)(F)F. The zero-order valence-electron chi connectivity index (χ0n) is 37.4. The highest BCUT2D eigenvalue weighted by molar-refractivity contribution is 5.97. The molecule has 2 aliphatic rings. The summed E-state index contributed by atoms with van der Waals surface area (Å²) in [5, 5.41) is 37.7. The van der Waals surface area contributed by atoms with Gasteiger partial charge in [-0.1, -0.05) is 76.3 Å². The molecule has 2 heterocycles. The monoisotopic (exact) mass is 934 g/mol. The number of rotatable bonds is 20. The molecule has 1 aromatic heterocycles. The fourth-order valence-electron chi connectivity index (χ4n) is 7.47. The van der Waals surface area contributed by atoms with E-state index in [0.29, 0.717) is 24.8 Å². The fraction of sp³-hybridized carbons (Fsp3) is 0.581. The van der Waals surface area contributed by atoms with E-state index in [4.69, 9.17) is 9.90 Å². The summed E-state index contributed by atoms with van der Waals surface area (Å²) in [6, 6.07) is 4.13. The molecular formula is C43H61F3N10O10. The molecule has 0 radical (unpaired) electrons. The molecule has 0 spiro atoms. The maximum atomic E-state index is 13.8. The lowest BCUT2D eigenvalue weighted by atomic mass is 9.83. The summed E-state index contributed by atoms with van der Waals surface area (Å²) in [5.74, 6) is -7.58. The Morgan fingerprint density at radius 1 is 0.848 bits per heavy atom. The molecule has 7 amide bonds. The van der Waals surface area contributed by atoms with Gasteiger partial charge in [0.2, 0.25) is 29.5 Å². The summed E-state index contributed by atoms with van der Waals surface area (Å²) >= 11 is 0. The van der Waals surface area contributed by atoms with E-state index >= 15 is 0 Å². The Morgan fingerprint density at radius 2 is 1.50 bits per heavy atom. The van der Waals surface area contributed by atoms with Gasteiger partial charge in [-0.05, 0) is 37.2 Å². The summed E-state index contributed by atoms with van der Waals surface area (Å²) in [6.45, 7) is 3.63. The maximum Gasteiger partial charge on any atom is 0.490 e. The molecule has 7 atom stereocenters. The average Bonchev–Trinajstić information content (AvgIpc) is 3.77. The van der Waals surface area contributed by atoms with E-state index in [9.17, 15) is 51.8 Å². The second kappa shape index (κ2) is 26.7. The Balaban J connectivity index is 0.00000152. The number of aromatic nitrogens is 2. The van der Waals surface area contributed by atoms with Gasteiger partial charge < -0.3 is 52.3 Å². The number of aliphatic hydroxyl groups excluding tert-OH is 1. The minimum Gasteiger partial charge on any atom is -0.475 e. The first-order chi connectivity index (χ1) is 31.3. The normalized spacial score (nSPS) is 18.3. The first-order valence-corrected chi connectivity index (χ1v) is 21.8. The molecule has 1 aliphatic heterocycles. The van der Waals surface area contributed by atoms with Gasteiger partial charge in [-0.15, -0.1) is 0 Å². The van der Waals surface area contributed by atoms with Crippen LogP contribution >= 0.6 is 0 Å². The van der Waals surface area contributed by atoms with Gasteiger partial charge in [-0.2, -0.15) is 13.2 Å². The van der Waals surface area contributed by atoms with Gasteiger partial charge in [-0.3, -0.25) is 38.5 Å². The lowest BCUT2D eigenvalue weighted by molar-refractivity contribution is -0.192. The molecule has 2 aromatic rings. The third-order valence-electron chi connectivity index (χ3n) is 10.9. The molecule has 9 N–H and O–H groups in total. The van der Waals surface area contributed by atoms with Gasteiger partial charge in [-0.25, -0.2) is 9.78 Å². The van der Waals surface area contributed by atoms with E-state index in [1.165, 1.54) is 23.5 Å². The van der Waals surface area contributed by atoms with Crippen LogP contribution in [0, 0.1) is 11.8 Å². The van der Waals surface area contributed by atoms with Crippen molar-refractivity contribution in [3.05, 3.63) is 60.2 Å². The lowest BCUT2D eigenvalue weighted by Gasteiger charge is -2.31. The number of alkyl halides is 3. The topological polar surface area (TPSA) is 290 Å². The Hall–Kier alpha value is -6.23. The number of amides is 7. The van der Waals surface area contributed by atoms with Crippen LogP contribution in [0.25, 0.3) is 0 Å². The van der Waals surface area contributed by atoms with Crippen LogP contribution in [0.3, 0.4) is 0 Å². The Labute approximate surface area is 380 Å². The van der Waals surface area contributed by atoms with Crippen LogP contribution in [0.2, 0.25) is 0 Å². The van der Waals surface area contributed by atoms with Crippen LogP contribution in [0.1, 0.15) is 93.7 Å². The van der Waals surface area contributed by atoms with E-state index in [1.54, 1.807) is 44.4 Å². The number of aliphatic carboxylic acids is 1. The summed E-state index contributed by atoms with van der Waals surface area (Å²) in [6.07, 6.45) is 3.33.